The number of rotatable bonds is 4. The highest BCUT2D eigenvalue weighted by Crippen LogP contribution is 2.34. The Hall–Kier alpha value is -2.40. The van der Waals surface area contributed by atoms with Gasteiger partial charge in [-0.2, -0.15) is 0 Å². The van der Waals surface area contributed by atoms with E-state index in [4.69, 9.17) is 9.72 Å². The van der Waals surface area contributed by atoms with Crippen LogP contribution < -0.4 is 4.74 Å². The van der Waals surface area contributed by atoms with Crippen LogP contribution in [0.3, 0.4) is 0 Å². The summed E-state index contributed by atoms with van der Waals surface area (Å²) in [5.41, 5.74) is 3.04. The molecule has 2 aliphatic rings. The van der Waals surface area contributed by atoms with E-state index >= 15 is 0 Å². The number of benzene rings is 2. The van der Waals surface area contributed by atoms with E-state index in [0.29, 0.717) is 6.04 Å². The summed E-state index contributed by atoms with van der Waals surface area (Å²) in [5.74, 6) is 1.84. The van der Waals surface area contributed by atoms with Crippen molar-refractivity contribution in [2.45, 2.75) is 51.3 Å². The Morgan fingerprint density at radius 1 is 1.11 bits per heavy atom. The van der Waals surface area contributed by atoms with Gasteiger partial charge in [-0.1, -0.05) is 18.2 Å². The molecule has 5 rings (SSSR count). The molecule has 1 fully saturated rings. The Labute approximate surface area is 164 Å². The topological polar surface area (TPSA) is 30.3 Å². The third-order valence-corrected chi connectivity index (χ3v) is 6.12. The predicted octanol–water partition coefficient (Wildman–Crippen LogP) is 4.73. The molecular formula is C23H26FN3O. The van der Waals surface area contributed by atoms with Gasteiger partial charge in [0, 0.05) is 25.2 Å². The molecule has 0 aliphatic carbocycles. The minimum atomic E-state index is -0.174. The Balaban J connectivity index is 1.31. The van der Waals surface area contributed by atoms with Crippen molar-refractivity contribution in [3.05, 3.63) is 59.7 Å². The monoisotopic (exact) mass is 379 g/mol. The quantitative estimate of drug-likeness (QED) is 0.657. The van der Waals surface area contributed by atoms with Crippen molar-refractivity contribution in [3.63, 3.8) is 0 Å². The fourth-order valence-corrected chi connectivity index (χ4v) is 4.67. The van der Waals surface area contributed by atoms with E-state index in [1.807, 2.05) is 30.3 Å². The Bertz CT molecular complexity index is 976. The molecule has 2 aliphatic heterocycles. The first-order valence-electron chi connectivity index (χ1n) is 10.3. The molecule has 146 valence electrons. The highest BCUT2D eigenvalue weighted by atomic mass is 19.1. The Morgan fingerprint density at radius 2 is 1.89 bits per heavy atom. The summed E-state index contributed by atoms with van der Waals surface area (Å²) in [7, 11) is 0. The smallest absolute Gasteiger partial charge is 0.125 e. The van der Waals surface area contributed by atoms with Crippen LogP contribution in [0.4, 0.5) is 4.39 Å². The van der Waals surface area contributed by atoms with Gasteiger partial charge in [0.25, 0.3) is 0 Å². The van der Waals surface area contributed by atoms with Crippen LogP contribution in [0, 0.1) is 5.82 Å². The number of hydrogen-bond acceptors (Lipinski definition) is 3. The number of halogens is 1. The third kappa shape index (κ3) is 3.28. The van der Waals surface area contributed by atoms with Crippen molar-refractivity contribution in [2.24, 2.45) is 0 Å². The molecule has 3 heterocycles. The number of aryl methyl sites for hydroxylation is 1. The van der Waals surface area contributed by atoms with Crippen molar-refractivity contribution in [2.75, 3.05) is 13.1 Å². The number of aromatic nitrogens is 2. The molecule has 0 saturated carbocycles. The summed E-state index contributed by atoms with van der Waals surface area (Å²) < 4.78 is 22.4. The van der Waals surface area contributed by atoms with Gasteiger partial charge in [-0.25, -0.2) is 9.37 Å². The molecule has 3 aromatic rings. The third-order valence-electron chi connectivity index (χ3n) is 6.12. The molecule has 2 aromatic carbocycles. The highest BCUT2D eigenvalue weighted by molar-refractivity contribution is 5.80. The van der Waals surface area contributed by atoms with Gasteiger partial charge in [-0.3, -0.25) is 4.90 Å². The van der Waals surface area contributed by atoms with Gasteiger partial charge in [-0.15, -0.1) is 0 Å². The average molecular weight is 379 g/mol. The van der Waals surface area contributed by atoms with Crippen LogP contribution >= 0.6 is 0 Å². The van der Waals surface area contributed by atoms with Crippen molar-refractivity contribution < 1.29 is 9.13 Å². The first kappa shape index (κ1) is 17.7. The van der Waals surface area contributed by atoms with E-state index in [9.17, 15) is 4.39 Å². The van der Waals surface area contributed by atoms with Crippen LogP contribution in [0.25, 0.3) is 11.0 Å². The van der Waals surface area contributed by atoms with Gasteiger partial charge >= 0.3 is 0 Å². The van der Waals surface area contributed by atoms with Crippen LogP contribution in [0.2, 0.25) is 0 Å². The minimum absolute atomic E-state index is 0.174. The Kier molecular flexibility index (Phi) is 4.55. The molecular weight excluding hydrogens is 353 g/mol. The van der Waals surface area contributed by atoms with E-state index < -0.39 is 0 Å². The summed E-state index contributed by atoms with van der Waals surface area (Å²) in [6.45, 7) is 5.06. The number of piperidine rings is 1. The molecule has 28 heavy (non-hydrogen) atoms. The first-order valence-corrected chi connectivity index (χ1v) is 10.3. The number of ether oxygens (including phenoxy) is 1. The molecule has 1 aromatic heterocycles. The van der Waals surface area contributed by atoms with Crippen LogP contribution in [-0.2, 0) is 13.0 Å². The molecule has 1 saturated heterocycles. The summed E-state index contributed by atoms with van der Waals surface area (Å²) in [6, 6.07) is 13.7. The normalized spacial score (nSPS) is 20.6. The number of likely N-dealkylation sites (tertiary alicyclic amines) is 1. The average Bonchev–Trinajstić information content (AvgIpc) is 3.06. The summed E-state index contributed by atoms with van der Waals surface area (Å²) in [4.78, 5) is 7.28. The van der Waals surface area contributed by atoms with E-state index in [1.54, 1.807) is 12.1 Å². The summed E-state index contributed by atoms with van der Waals surface area (Å²) in [6.07, 6.45) is 4.29. The maximum absolute atomic E-state index is 14.0. The molecule has 5 heteroatoms. The number of para-hydroxylation sites is 1. The second-order valence-electron chi connectivity index (χ2n) is 8.12. The lowest BCUT2D eigenvalue weighted by Crippen LogP contribution is -2.38. The molecule has 0 radical (unpaired) electrons. The molecule has 0 amide bonds. The predicted molar refractivity (Wildman–Crippen MR) is 108 cm³/mol. The largest absolute Gasteiger partial charge is 0.490 e. The van der Waals surface area contributed by atoms with Gasteiger partial charge < -0.3 is 9.30 Å². The van der Waals surface area contributed by atoms with E-state index in [1.165, 1.54) is 0 Å². The van der Waals surface area contributed by atoms with Crippen LogP contribution in [-0.4, -0.2) is 33.6 Å². The fourth-order valence-electron chi connectivity index (χ4n) is 4.67. The fraction of sp³-hybridized carbons (Fsp3) is 0.435. The standard InChI is InChI=1S/C23H26FN3O/c1-16-7-8-17-13-18(24)14-21-23(17)27(16)22(25-21)15-26-11-9-20(10-12-26)28-19-5-3-2-4-6-19/h2-6,13-14,16,20H,7-12,15H2,1H3. The molecule has 0 bridgehead atoms. The number of nitrogens with zero attached hydrogens (tertiary/aromatic N) is 3. The van der Waals surface area contributed by atoms with Crippen molar-refractivity contribution in [1.82, 2.24) is 14.5 Å². The molecule has 4 nitrogen and oxygen atoms in total. The zero-order valence-electron chi connectivity index (χ0n) is 16.3. The maximum atomic E-state index is 14.0. The van der Waals surface area contributed by atoms with E-state index in [2.05, 4.69) is 16.4 Å². The van der Waals surface area contributed by atoms with Crippen molar-refractivity contribution in [3.8, 4) is 5.75 Å². The second kappa shape index (κ2) is 7.21. The van der Waals surface area contributed by atoms with E-state index in [0.717, 1.165) is 73.5 Å². The van der Waals surface area contributed by atoms with Crippen LogP contribution in [0.5, 0.6) is 5.75 Å². The van der Waals surface area contributed by atoms with Gasteiger partial charge in [-0.05, 0) is 56.4 Å². The van der Waals surface area contributed by atoms with Gasteiger partial charge in [0.2, 0.25) is 0 Å². The lowest BCUT2D eigenvalue weighted by Gasteiger charge is -2.32. The summed E-state index contributed by atoms with van der Waals surface area (Å²) in [5, 5.41) is 0. The minimum Gasteiger partial charge on any atom is -0.490 e. The van der Waals surface area contributed by atoms with Gasteiger partial charge in [0.15, 0.2) is 0 Å². The van der Waals surface area contributed by atoms with Crippen molar-refractivity contribution in [1.29, 1.82) is 0 Å². The zero-order chi connectivity index (χ0) is 19.1. The SMILES string of the molecule is CC1CCc2cc(F)cc3nc(CN4CCC(Oc5ccccc5)CC4)n1c23. The Morgan fingerprint density at radius 3 is 2.68 bits per heavy atom. The maximum Gasteiger partial charge on any atom is 0.125 e. The van der Waals surface area contributed by atoms with Gasteiger partial charge in [0.1, 0.15) is 23.5 Å². The summed E-state index contributed by atoms with van der Waals surface area (Å²) >= 11 is 0. The highest BCUT2D eigenvalue weighted by Gasteiger charge is 2.26. The number of imidazole rings is 1. The number of hydrogen-bond donors (Lipinski definition) is 0. The van der Waals surface area contributed by atoms with Crippen LogP contribution in [0.1, 0.15) is 43.6 Å². The van der Waals surface area contributed by atoms with Gasteiger partial charge in [0.05, 0.1) is 17.6 Å². The van der Waals surface area contributed by atoms with E-state index in [-0.39, 0.29) is 11.9 Å². The molecule has 1 unspecified atom stereocenters. The molecule has 0 spiro atoms. The van der Waals surface area contributed by atoms with Crippen LogP contribution in [0.15, 0.2) is 42.5 Å². The lowest BCUT2D eigenvalue weighted by molar-refractivity contribution is 0.0945. The first-order chi connectivity index (χ1) is 13.7. The second-order valence-corrected chi connectivity index (χ2v) is 8.12. The van der Waals surface area contributed by atoms with Crippen molar-refractivity contribution >= 4 is 11.0 Å². The molecule has 1 atom stereocenters. The zero-order valence-corrected chi connectivity index (χ0v) is 16.3. The lowest BCUT2D eigenvalue weighted by atomic mass is 10.00. The molecule has 0 N–H and O–H groups in total.